The summed E-state index contributed by atoms with van der Waals surface area (Å²) in [6.45, 7) is 4.03. The molecule has 1 aromatic heterocycles. The standard InChI is InChI=1S/C18H19N5O/c1-12-15-16(14(9-19)17(20-3)22-12)21-11-23(18(15,2)24)10-13-7-5-4-6-8-13/h4-8,11,24H,10H2,1-3H3,(H,20,22). The van der Waals surface area contributed by atoms with Crippen LogP contribution in [0.4, 0.5) is 11.5 Å². The Labute approximate surface area is 141 Å². The monoisotopic (exact) mass is 321 g/mol. The molecule has 2 N–H and O–H groups in total. The minimum atomic E-state index is -1.30. The molecule has 0 aliphatic carbocycles. The fraction of sp³-hybridized carbons (Fsp3) is 0.278. The zero-order chi connectivity index (χ0) is 17.3. The number of fused-ring (bicyclic) bond motifs is 1. The summed E-state index contributed by atoms with van der Waals surface area (Å²) in [5, 5.41) is 23.6. The molecule has 1 aliphatic rings. The normalized spacial score (nSPS) is 18.9. The highest BCUT2D eigenvalue weighted by atomic mass is 16.3. The molecule has 0 saturated carbocycles. The highest BCUT2D eigenvalue weighted by Gasteiger charge is 2.38. The first kappa shape index (κ1) is 16.0. The third-order valence-electron chi connectivity index (χ3n) is 4.26. The van der Waals surface area contributed by atoms with Crippen LogP contribution in [0.2, 0.25) is 0 Å². The summed E-state index contributed by atoms with van der Waals surface area (Å²) in [6.07, 6.45) is 1.59. The first-order valence-electron chi connectivity index (χ1n) is 7.69. The highest BCUT2D eigenvalue weighted by Crippen LogP contribution is 2.42. The van der Waals surface area contributed by atoms with Crippen molar-refractivity contribution in [3.63, 3.8) is 0 Å². The first-order valence-corrected chi connectivity index (χ1v) is 7.69. The van der Waals surface area contributed by atoms with E-state index in [2.05, 4.69) is 21.4 Å². The fourth-order valence-corrected chi connectivity index (χ4v) is 3.03. The maximum absolute atomic E-state index is 11.2. The van der Waals surface area contributed by atoms with E-state index in [0.717, 1.165) is 5.56 Å². The van der Waals surface area contributed by atoms with E-state index in [1.165, 1.54) is 0 Å². The lowest BCUT2D eigenvalue weighted by atomic mass is 9.95. The fourth-order valence-electron chi connectivity index (χ4n) is 3.03. The van der Waals surface area contributed by atoms with E-state index >= 15 is 0 Å². The molecule has 6 nitrogen and oxygen atoms in total. The van der Waals surface area contributed by atoms with Gasteiger partial charge in [0.2, 0.25) is 0 Å². The third kappa shape index (κ3) is 2.49. The number of aryl methyl sites for hydroxylation is 1. The van der Waals surface area contributed by atoms with E-state index in [4.69, 9.17) is 0 Å². The first-order chi connectivity index (χ1) is 11.5. The quantitative estimate of drug-likeness (QED) is 0.908. The van der Waals surface area contributed by atoms with Crippen LogP contribution in [0, 0.1) is 18.3 Å². The van der Waals surface area contributed by atoms with Crippen molar-refractivity contribution in [3.8, 4) is 6.07 Å². The molecule has 0 saturated heterocycles. The van der Waals surface area contributed by atoms with E-state index in [0.29, 0.717) is 34.9 Å². The number of hydrogen-bond acceptors (Lipinski definition) is 6. The number of hydrogen-bond donors (Lipinski definition) is 2. The summed E-state index contributed by atoms with van der Waals surface area (Å²) in [5.41, 5.74) is 1.79. The molecule has 24 heavy (non-hydrogen) atoms. The average molecular weight is 321 g/mol. The molecule has 1 unspecified atom stereocenters. The maximum atomic E-state index is 11.2. The summed E-state index contributed by atoms with van der Waals surface area (Å²) in [7, 11) is 1.71. The van der Waals surface area contributed by atoms with Crippen molar-refractivity contribution in [2.75, 3.05) is 12.4 Å². The molecular weight excluding hydrogens is 302 g/mol. The van der Waals surface area contributed by atoms with Gasteiger partial charge in [-0.2, -0.15) is 5.26 Å². The number of anilines is 1. The molecule has 2 aromatic rings. The molecule has 0 fully saturated rings. The van der Waals surface area contributed by atoms with Crippen molar-refractivity contribution >= 4 is 17.8 Å². The summed E-state index contributed by atoms with van der Waals surface area (Å²) in [4.78, 5) is 10.6. The summed E-state index contributed by atoms with van der Waals surface area (Å²) < 4.78 is 0. The van der Waals surface area contributed by atoms with E-state index in [-0.39, 0.29) is 0 Å². The number of rotatable bonds is 3. The van der Waals surface area contributed by atoms with Crippen LogP contribution in [0.25, 0.3) is 0 Å². The minimum absolute atomic E-state index is 0.342. The number of nitrogens with one attached hydrogen (secondary N) is 1. The Morgan fingerprint density at radius 3 is 2.67 bits per heavy atom. The molecule has 0 bridgehead atoms. The van der Waals surface area contributed by atoms with Crippen LogP contribution in [-0.4, -0.2) is 28.4 Å². The molecule has 0 spiro atoms. The average Bonchev–Trinajstić information content (AvgIpc) is 2.57. The van der Waals surface area contributed by atoms with Crippen LogP contribution >= 0.6 is 0 Å². The van der Waals surface area contributed by atoms with Gasteiger partial charge in [-0.1, -0.05) is 30.3 Å². The lowest BCUT2D eigenvalue weighted by Gasteiger charge is -2.40. The van der Waals surface area contributed by atoms with Crippen molar-refractivity contribution in [1.82, 2.24) is 9.88 Å². The number of aromatic nitrogens is 1. The number of nitrogens with zero attached hydrogens (tertiary/aromatic N) is 4. The van der Waals surface area contributed by atoms with Gasteiger partial charge in [-0.25, -0.2) is 9.98 Å². The number of pyridine rings is 1. The van der Waals surface area contributed by atoms with Gasteiger partial charge in [0.1, 0.15) is 17.5 Å². The number of nitriles is 1. The van der Waals surface area contributed by atoms with Gasteiger partial charge in [0, 0.05) is 19.3 Å². The van der Waals surface area contributed by atoms with Crippen molar-refractivity contribution in [2.24, 2.45) is 4.99 Å². The van der Waals surface area contributed by atoms with Gasteiger partial charge in [-0.15, -0.1) is 0 Å². The van der Waals surface area contributed by atoms with Crippen molar-refractivity contribution in [3.05, 3.63) is 52.7 Å². The van der Waals surface area contributed by atoms with Crippen LogP contribution < -0.4 is 5.32 Å². The van der Waals surface area contributed by atoms with E-state index in [1.807, 2.05) is 37.3 Å². The van der Waals surface area contributed by atoms with Crippen LogP contribution in [0.15, 0.2) is 35.3 Å². The predicted octanol–water partition coefficient (Wildman–Crippen LogP) is 2.64. The number of benzene rings is 1. The van der Waals surface area contributed by atoms with E-state index < -0.39 is 5.72 Å². The zero-order valence-corrected chi connectivity index (χ0v) is 13.9. The molecule has 2 heterocycles. The SMILES string of the molecule is CNc1nc(C)c2c(c1C#N)N=CN(Cc1ccccc1)C2(C)O. The molecule has 0 radical (unpaired) electrons. The lowest BCUT2D eigenvalue weighted by molar-refractivity contribution is -0.0631. The second-order valence-electron chi connectivity index (χ2n) is 5.89. The van der Waals surface area contributed by atoms with Gasteiger partial charge >= 0.3 is 0 Å². The van der Waals surface area contributed by atoms with Crippen LogP contribution in [0.1, 0.15) is 29.3 Å². The molecule has 1 aromatic carbocycles. The lowest BCUT2D eigenvalue weighted by Crippen LogP contribution is -2.45. The third-order valence-corrected chi connectivity index (χ3v) is 4.26. The molecule has 1 atom stereocenters. The van der Waals surface area contributed by atoms with Crippen LogP contribution in [-0.2, 0) is 12.3 Å². The Bertz CT molecular complexity index is 837. The van der Waals surface area contributed by atoms with E-state index in [1.54, 1.807) is 25.2 Å². The van der Waals surface area contributed by atoms with Gasteiger partial charge in [0.05, 0.1) is 17.6 Å². The zero-order valence-electron chi connectivity index (χ0n) is 13.9. The second kappa shape index (κ2) is 5.95. The summed E-state index contributed by atoms with van der Waals surface area (Å²) in [5.74, 6) is 0.471. The molecule has 1 aliphatic heterocycles. The van der Waals surface area contributed by atoms with Gasteiger partial charge < -0.3 is 15.3 Å². The van der Waals surface area contributed by atoms with Crippen LogP contribution in [0.3, 0.4) is 0 Å². The summed E-state index contributed by atoms with van der Waals surface area (Å²) in [6, 6.07) is 12.0. The second-order valence-corrected chi connectivity index (χ2v) is 5.89. The number of aliphatic hydroxyl groups is 1. The highest BCUT2D eigenvalue weighted by molar-refractivity contribution is 5.78. The summed E-state index contributed by atoms with van der Waals surface area (Å²) >= 11 is 0. The maximum Gasteiger partial charge on any atom is 0.166 e. The minimum Gasteiger partial charge on any atom is -0.372 e. The predicted molar refractivity (Wildman–Crippen MR) is 92.9 cm³/mol. The smallest absolute Gasteiger partial charge is 0.166 e. The molecule has 0 amide bonds. The Hall–Kier alpha value is -2.91. The molecule has 6 heteroatoms. The Kier molecular flexibility index (Phi) is 3.96. The number of aliphatic imine (C=N–C) groups is 1. The topological polar surface area (TPSA) is 84.5 Å². The van der Waals surface area contributed by atoms with Gasteiger partial charge in [0.15, 0.2) is 5.72 Å². The Morgan fingerprint density at radius 2 is 2.04 bits per heavy atom. The van der Waals surface area contributed by atoms with Gasteiger partial charge in [-0.3, -0.25) is 0 Å². The molecular formula is C18H19N5O. The molecule has 3 rings (SSSR count). The Balaban J connectivity index is 2.10. The van der Waals surface area contributed by atoms with Crippen molar-refractivity contribution in [2.45, 2.75) is 26.1 Å². The van der Waals surface area contributed by atoms with Crippen LogP contribution in [0.5, 0.6) is 0 Å². The van der Waals surface area contributed by atoms with Crippen molar-refractivity contribution < 1.29 is 5.11 Å². The van der Waals surface area contributed by atoms with Gasteiger partial charge in [0.25, 0.3) is 0 Å². The van der Waals surface area contributed by atoms with Gasteiger partial charge in [-0.05, 0) is 19.4 Å². The molecule has 122 valence electrons. The largest absolute Gasteiger partial charge is 0.372 e. The van der Waals surface area contributed by atoms with Crippen molar-refractivity contribution in [1.29, 1.82) is 5.26 Å². The van der Waals surface area contributed by atoms with E-state index in [9.17, 15) is 10.4 Å². The Morgan fingerprint density at radius 1 is 1.33 bits per heavy atom.